The van der Waals surface area contributed by atoms with Crippen LogP contribution in [0, 0.1) is 5.92 Å². The molecule has 0 aromatic rings. The summed E-state index contributed by atoms with van der Waals surface area (Å²) in [5.41, 5.74) is -0.0463. The van der Waals surface area contributed by atoms with Gasteiger partial charge in [-0.25, -0.2) is 0 Å². The van der Waals surface area contributed by atoms with Crippen molar-refractivity contribution in [3.8, 4) is 0 Å². The van der Waals surface area contributed by atoms with Crippen molar-refractivity contribution in [1.29, 1.82) is 0 Å². The topological polar surface area (TPSA) is 104 Å². The van der Waals surface area contributed by atoms with E-state index in [-0.39, 0.29) is 24.5 Å². The molecule has 0 aromatic carbocycles. The van der Waals surface area contributed by atoms with Gasteiger partial charge in [0.05, 0.1) is 6.42 Å². The van der Waals surface area contributed by atoms with Crippen molar-refractivity contribution in [2.75, 3.05) is 6.54 Å². The zero-order chi connectivity index (χ0) is 12.7. The molecule has 3 N–H and O–H groups in total. The number of rotatable bonds is 7. The molecule has 1 atom stereocenters. The van der Waals surface area contributed by atoms with Gasteiger partial charge in [-0.05, 0) is 5.92 Å². The first-order valence-electron chi connectivity index (χ1n) is 4.72. The molecule has 16 heavy (non-hydrogen) atoms. The SMILES string of the molecule is C=C(CC(=O)O)C(=O)NCC(C)CC(=O)O. The molecule has 0 aliphatic carbocycles. The fraction of sp³-hybridized carbons (Fsp3) is 0.500. The zero-order valence-corrected chi connectivity index (χ0v) is 9.02. The Labute approximate surface area is 93.0 Å². The van der Waals surface area contributed by atoms with E-state index in [1.165, 1.54) is 0 Å². The largest absolute Gasteiger partial charge is 0.481 e. The summed E-state index contributed by atoms with van der Waals surface area (Å²) in [6.07, 6.45) is -0.467. The van der Waals surface area contributed by atoms with Crippen LogP contribution in [0.5, 0.6) is 0 Å². The third-order valence-electron chi connectivity index (χ3n) is 1.82. The predicted molar refractivity (Wildman–Crippen MR) is 55.8 cm³/mol. The minimum absolute atomic E-state index is 0.0463. The smallest absolute Gasteiger partial charge is 0.308 e. The van der Waals surface area contributed by atoms with Crippen LogP contribution in [0.2, 0.25) is 0 Å². The number of amides is 1. The first-order chi connectivity index (χ1) is 7.32. The summed E-state index contributed by atoms with van der Waals surface area (Å²) in [6, 6.07) is 0. The van der Waals surface area contributed by atoms with Crippen LogP contribution in [0.4, 0.5) is 0 Å². The van der Waals surface area contributed by atoms with E-state index in [2.05, 4.69) is 11.9 Å². The molecule has 0 saturated heterocycles. The van der Waals surface area contributed by atoms with Crippen LogP contribution in [0.15, 0.2) is 12.2 Å². The molecule has 0 spiro atoms. The van der Waals surface area contributed by atoms with Crippen molar-refractivity contribution in [3.05, 3.63) is 12.2 Å². The average Bonchev–Trinajstić information content (AvgIpc) is 2.11. The molecular formula is C10H15NO5. The highest BCUT2D eigenvalue weighted by molar-refractivity contribution is 5.96. The highest BCUT2D eigenvalue weighted by Gasteiger charge is 2.13. The van der Waals surface area contributed by atoms with Crippen LogP contribution in [-0.2, 0) is 14.4 Å². The van der Waals surface area contributed by atoms with Gasteiger partial charge in [-0.2, -0.15) is 0 Å². The fourth-order valence-corrected chi connectivity index (χ4v) is 1.03. The van der Waals surface area contributed by atoms with Gasteiger partial charge in [0, 0.05) is 18.5 Å². The van der Waals surface area contributed by atoms with Crippen LogP contribution >= 0.6 is 0 Å². The molecule has 1 amide bonds. The van der Waals surface area contributed by atoms with Gasteiger partial charge in [-0.3, -0.25) is 14.4 Å². The second-order valence-corrected chi connectivity index (χ2v) is 3.59. The molecule has 6 heteroatoms. The summed E-state index contributed by atoms with van der Waals surface area (Å²) in [7, 11) is 0. The zero-order valence-electron chi connectivity index (χ0n) is 9.02. The van der Waals surface area contributed by atoms with E-state index in [4.69, 9.17) is 10.2 Å². The summed E-state index contributed by atoms with van der Waals surface area (Å²) in [5, 5.41) is 19.3. The van der Waals surface area contributed by atoms with Gasteiger partial charge < -0.3 is 15.5 Å². The van der Waals surface area contributed by atoms with Crippen molar-refractivity contribution in [3.63, 3.8) is 0 Å². The molecule has 0 aliphatic rings. The maximum absolute atomic E-state index is 11.2. The lowest BCUT2D eigenvalue weighted by Gasteiger charge is -2.10. The Morgan fingerprint density at radius 1 is 1.25 bits per heavy atom. The van der Waals surface area contributed by atoms with Crippen molar-refractivity contribution in [1.82, 2.24) is 5.32 Å². The normalized spacial score (nSPS) is 11.6. The third-order valence-corrected chi connectivity index (χ3v) is 1.82. The van der Waals surface area contributed by atoms with Gasteiger partial charge in [0.1, 0.15) is 0 Å². The molecule has 0 bridgehead atoms. The van der Waals surface area contributed by atoms with Crippen LogP contribution in [-0.4, -0.2) is 34.6 Å². The number of carbonyl (C=O) groups excluding carboxylic acids is 1. The fourth-order valence-electron chi connectivity index (χ4n) is 1.03. The Morgan fingerprint density at radius 3 is 2.25 bits per heavy atom. The Bertz CT molecular complexity index is 310. The minimum atomic E-state index is -1.13. The van der Waals surface area contributed by atoms with Crippen LogP contribution < -0.4 is 5.32 Å². The summed E-state index contributed by atoms with van der Waals surface area (Å²) in [5.74, 6) is -2.83. The van der Waals surface area contributed by atoms with Crippen molar-refractivity contribution >= 4 is 17.8 Å². The molecule has 6 nitrogen and oxygen atoms in total. The Morgan fingerprint density at radius 2 is 1.81 bits per heavy atom. The molecule has 0 heterocycles. The summed E-state index contributed by atoms with van der Waals surface area (Å²) in [4.78, 5) is 31.9. The number of hydrogen-bond donors (Lipinski definition) is 3. The first-order valence-corrected chi connectivity index (χ1v) is 4.72. The standard InChI is InChI=1S/C10H15NO5/c1-6(3-8(12)13)5-11-10(16)7(2)4-9(14)15/h6H,2-5H2,1H3,(H,11,16)(H,12,13)(H,14,15). The van der Waals surface area contributed by atoms with E-state index >= 15 is 0 Å². The molecule has 0 fully saturated rings. The van der Waals surface area contributed by atoms with E-state index < -0.39 is 24.3 Å². The molecule has 0 aliphatic heterocycles. The molecule has 0 radical (unpaired) electrons. The molecule has 0 aromatic heterocycles. The summed E-state index contributed by atoms with van der Waals surface area (Å²) in [6.45, 7) is 5.18. The third kappa shape index (κ3) is 6.58. The van der Waals surface area contributed by atoms with Gasteiger partial charge in [0.15, 0.2) is 0 Å². The summed E-state index contributed by atoms with van der Waals surface area (Å²) >= 11 is 0. The van der Waals surface area contributed by atoms with Gasteiger partial charge in [0.2, 0.25) is 5.91 Å². The quantitative estimate of drug-likeness (QED) is 0.543. The second kappa shape index (κ2) is 6.60. The maximum atomic E-state index is 11.2. The number of aliphatic carboxylic acids is 2. The maximum Gasteiger partial charge on any atom is 0.308 e. The van der Waals surface area contributed by atoms with E-state index in [0.29, 0.717) is 0 Å². The van der Waals surface area contributed by atoms with E-state index in [9.17, 15) is 14.4 Å². The van der Waals surface area contributed by atoms with Crippen molar-refractivity contribution in [2.45, 2.75) is 19.8 Å². The Balaban J connectivity index is 3.93. The molecule has 1 unspecified atom stereocenters. The molecule has 90 valence electrons. The first kappa shape index (κ1) is 14.2. The van der Waals surface area contributed by atoms with Crippen molar-refractivity contribution < 1.29 is 24.6 Å². The van der Waals surface area contributed by atoms with Gasteiger partial charge in [0.25, 0.3) is 0 Å². The van der Waals surface area contributed by atoms with Crippen LogP contribution in [0.1, 0.15) is 19.8 Å². The van der Waals surface area contributed by atoms with Gasteiger partial charge >= 0.3 is 11.9 Å². The van der Waals surface area contributed by atoms with Crippen molar-refractivity contribution in [2.24, 2.45) is 5.92 Å². The lowest BCUT2D eigenvalue weighted by atomic mass is 10.1. The number of carboxylic acids is 2. The highest BCUT2D eigenvalue weighted by Crippen LogP contribution is 2.02. The van der Waals surface area contributed by atoms with Gasteiger partial charge in [-0.15, -0.1) is 0 Å². The summed E-state index contributed by atoms with van der Waals surface area (Å²) < 4.78 is 0. The number of carbonyl (C=O) groups is 3. The van der Waals surface area contributed by atoms with Crippen LogP contribution in [0.3, 0.4) is 0 Å². The van der Waals surface area contributed by atoms with Gasteiger partial charge in [-0.1, -0.05) is 13.5 Å². The van der Waals surface area contributed by atoms with E-state index in [0.717, 1.165) is 0 Å². The second-order valence-electron chi connectivity index (χ2n) is 3.59. The number of carboxylic acid groups (broad SMARTS) is 2. The molecule has 0 saturated carbocycles. The minimum Gasteiger partial charge on any atom is -0.481 e. The monoisotopic (exact) mass is 229 g/mol. The lowest BCUT2D eigenvalue weighted by molar-refractivity contribution is -0.138. The molecule has 0 rings (SSSR count). The predicted octanol–water partition coefficient (Wildman–Crippen LogP) is 0.244. The Hall–Kier alpha value is -1.85. The number of nitrogens with one attached hydrogen (secondary N) is 1. The number of hydrogen-bond acceptors (Lipinski definition) is 3. The Kier molecular flexibility index (Phi) is 5.84. The van der Waals surface area contributed by atoms with E-state index in [1.807, 2.05) is 0 Å². The molecular weight excluding hydrogens is 214 g/mol. The highest BCUT2D eigenvalue weighted by atomic mass is 16.4. The van der Waals surface area contributed by atoms with Crippen LogP contribution in [0.25, 0.3) is 0 Å². The average molecular weight is 229 g/mol. The lowest BCUT2D eigenvalue weighted by Crippen LogP contribution is -2.30. The van der Waals surface area contributed by atoms with E-state index in [1.54, 1.807) is 6.92 Å².